The van der Waals surface area contributed by atoms with Gasteiger partial charge in [0.1, 0.15) is 17.5 Å². The molecule has 0 aliphatic rings. The van der Waals surface area contributed by atoms with Gasteiger partial charge in [-0.25, -0.2) is 9.18 Å². The topological polar surface area (TPSA) is 126 Å². The van der Waals surface area contributed by atoms with Crippen LogP contribution in [0.15, 0.2) is 53.5 Å². The molecule has 0 bridgehead atoms. The molecule has 2 heterocycles. The van der Waals surface area contributed by atoms with Gasteiger partial charge in [-0.15, -0.1) is 0 Å². The second kappa shape index (κ2) is 13.6. The number of likely N-dealkylation sites (N-methyl/N-ethyl adjacent to an activating group) is 1. The van der Waals surface area contributed by atoms with Crippen LogP contribution in [0.4, 0.5) is 14.9 Å². The highest BCUT2D eigenvalue weighted by Crippen LogP contribution is 2.24. The summed E-state index contributed by atoms with van der Waals surface area (Å²) < 4.78 is 20.2. The van der Waals surface area contributed by atoms with Crippen LogP contribution in [-0.4, -0.2) is 59.6 Å². The number of hydrogen-bond donors (Lipinski definition) is 3. The second-order valence-electron chi connectivity index (χ2n) is 10.2. The number of rotatable bonds is 11. The lowest BCUT2D eigenvalue weighted by molar-refractivity contribution is -0.123. The Labute approximate surface area is 232 Å². The third-order valence-electron chi connectivity index (χ3n) is 6.19. The average Bonchev–Trinajstić information content (AvgIpc) is 3.29. The maximum atomic E-state index is 14.2. The lowest BCUT2D eigenvalue weighted by Crippen LogP contribution is -2.44. The van der Waals surface area contributed by atoms with Gasteiger partial charge < -0.3 is 29.8 Å². The highest BCUT2D eigenvalue weighted by molar-refractivity contribution is 5.96. The number of nitrogens with one attached hydrogen (secondary N) is 3. The van der Waals surface area contributed by atoms with Gasteiger partial charge in [0, 0.05) is 36.9 Å². The molecule has 3 amide bonds. The number of anilines is 1. The number of alkyl carbamates (subject to hydrolysis) is 1. The predicted octanol–water partition coefficient (Wildman–Crippen LogP) is 3.80. The zero-order chi connectivity index (χ0) is 29.4. The van der Waals surface area contributed by atoms with E-state index in [0.717, 1.165) is 16.5 Å². The Morgan fingerprint density at radius 2 is 1.95 bits per heavy atom. The fraction of sp³-hybridized carbons (Fsp3) is 0.379. The van der Waals surface area contributed by atoms with Crippen LogP contribution in [0.2, 0.25) is 0 Å². The van der Waals surface area contributed by atoms with E-state index in [4.69, 9.17) is 0 Å². The van der Waals surface area contributed by atoms with E-state index in [2.05, 4.69) is 34.2 Å². The number of H-pyrrole nitrogens is 1. The molecule has 214 valence electrons. The number of aromatic amines is 1. The minimum Gasteiger partial charge on any atom is -0.453 e. The molecule has 3 aromatic rings. The van der Waals surface area contributed by atoms with Gasteiger partial charge in [-0.2, -0.15) is 0 Å². The van der Waals surface area contributed by atoms with Crippen LogP contribution in [0.1, 0.15) is 37.9 Å². The van der Waals surface area contributed by atoms with E-state index in [9.17, 15) is 23.6 Å². The molecule has 10 nitrogen and oxygen atoms in total. The molecule has 0 saturated carbocycles. The first-order chi connectivity index (χ1) is 19.0. The van der Waals surface area contributed by atoms with Crippen molar-refractivity contribution < 1.29 is 23.5 Å². The Morgan fingerprint density at radius 3 is 2.62 bits per heavy atom. The lowest BCUT2D eigenvalue weighted by Gasteiger charge is -2.17. The molecule has 1 unspecified atom stereocenters. The first-order valence-corrected chi connectivity index (χ1v) is 13.0. The highest BCUT2D eigenvalue weighted by atomic mass is 19.1. The number of halogens is 1. The Bertz CT molecular complexity index is 1460. The Morgan fingerprint density at radius 1 is 1.20 bits per heavy atom. The fourth-order valence-electron chi connectivity index (χ4n) is 4.25. The number of methoxy groups -OCH3 is 1. The summed E-state index contributed by atoms with van der Waals surface area (Å²) in [5.41, 5.74) is 2.00. The third kappa shape index (κ3) is 8.05. The van der Waals surface area contributed by atoms with Crippen molar-refractivity contribution in [3.63, 3.8) is 0 Å². The van der Waals surface area contributed by atoms with Gasteiger partial charge >= 0.3 is 6.09 Å². The van der Waals surface area contributed by atoms with E-state index in [1.54, 1.807) is 32.4 Å². The summed E-state index contributed by atoms with van der Waals surface area (Å²) in [7, 11) is 4.42. The summed E-state index contributed by atoms with van der Waals surface area (Å²) in [5.74, 6) is -0.783. The monoisotopic (exact) mass is 553 g/mol. The molecular weight excluding hydrogens is 517 g/mol. The van der Waals surface area contributed by atoms with Crippen molar-refractivity contribution in [2.24, 2.45) is 5.92 Å². The molecule has 0 aliphatic carbocycles. The molecular formula is C29H36FN5O5. The number of amides is 3. The Hall–Kier alpha value is -4.41. The van der Waals surface area contributed by atoms with Crippen molar-refractivity contribution in [2.45, 2.75) is 45.7 Å². The van der Waals surface area contributed by atoms with Gasteiger partial charge in [-0.1, -0.05) is 19.9 Å². The summed E-state index contributed by atoms with van der Waals surface area (Å²) in [6.07, 6.45) is 4.98. The molecule has 0 saturated heterocycles. The zero-order valence-electron chi connectivity index (χ0n) is 23.4. The van der Waals surface area contributed by atoms with Crippen LogP contribution >= 0.6 is 0 Å². The van der Waals surface area contributed by atoms with E-state index in [1.165, 1.54) is 40.9 Å². The summed E-state index contributed by atoms with van der Waals surface area (Å²) in [5, 5.41) is 5.78. The van der Waals surface area contributed by atoms with Crippen LogP contribution in [0.3, 0.4) is 0 Å². The number of nitrogens with zero attached hydrogens (tertiary/aromatic N) is 2. The second-order valence-corrected chi connectivity index (χ2v) is 10.2. The minimum atomic E-state index is -1.01. The van der Waals surface area contributed by atoms with Gasteiger partial charge in [-0.3, -0.25) is 14.4 Å². The molecule has 11 heteroatoms. The number of pyridine rings is 1. The average molecular weight is 554 g/mol. The summed E-state index contributed by atoms with van der Waals surface area (Å²) >= 11 is 0. The van der Waals surface area contributed by atoms with Crippen molar-refractivity contribution in [1.82, 2.24) is 19.8 Å². The quantitative estimate of drug-likeness (QED) is 0.312. The van der Waals surface area contributed by atoms with Crippen LogP contribution in [0.25, 0.3) is 10.9 Å². The lowest BCUT2D eigenvalue weighted by atomic mass is 10.0. The van der Waals surface area contributed by atoms with E-state index in [1.807, 2.05) is 6.07 Å². The van der Waals surface area contributed by atoms with Gasteiger partial charge in [0.05, 0.1) is 13.7 Å². The minimum absolute atomic E-state index is 0.0325. The molecule has 0 aliphatic heterocycles. The maximum absolute atomic E-state index is 14.2. The van der Waals surface area contributed by atoms with Crippen LogP contribution in [0.5, 0.6) is 0 Å². The molecule has 0 spiro atoms. The smallest absolute Gasteiger partial charge is 0.407 e. The first kappa shape index (κ1) is 30.1. The molecule has 0 radical (unpaired) electrons. The van der Waals surface area contributed by atoms with E-state index >= 15 is 0 Å². The Balaban J connectivity index is 1.78. The predicted molar refractivity (Wildman–Crippen MR) is 152 cm³/mol. The number of hydrogen-bond acceptors (Lipinski definition) is 5. The molecule has 1 aromatic carbocycles. The first-order valence-electron chi connectivity index (χ1n) is 13.0. The summed E-state index contributed by atoms with van der Waals surface area (Å²) in [6.45, 7) is 4.30. The fourth-order valence-corrected chi connectivity index (χ4v) is 4.25. The van der Waals surface area contributed by atoms with E-state index in [0.29, 0.717) is 24.5 Å². The molecule has 0 fully saturated rings. The van der Waals surface area contributed by atoms with Crippen molar-refractivity contribution in [1.29, 1.82) is 0 Å². The van der Waals surface area contributed by atoms with Crippen LogP contribution in [0, 0.1) is 11.7 Å². The molecule has 2 aromatic heterocycles. The number of allylic oxidation sites excluding steroid dienone is 1. The van der Waals surface area contributed by atoms with Gasteiger partial charge in [0.2, 0.25) is 11.8 Å². The Kier molecular flexibility index (Phi) is 10.2. The van der Waals surface area contributed by atoms with E-state index < -0.39 is 23.6 Å². The van der Waals surface area contributed by atoms with E-state index in [-0.39, 0.29) is 30.4 Å². The number of ether oxygens (including phenoxy) is 1. The maximum Gasteiger partial charge on any atom is 0.407 e. The molecule has 40 heavy (non-hydrogen) atoms. The summed E-state index contributed by atoms with van der Waals surface area (Å²) in [4.78, 5) is 54.5. The normalized spacial score (nSPS) is 12.1. The van der Waals surface area contributed by atoms with Gasteiger partial charge in [-0.05, 0) is 67.2 Å². The number of aromatic nitrogens is 2. The number of fused-ring (bicyclic) bond motifs is 1. The largest absolute Gasteiger partial charge is 0.453 e. The SMILES string of the molecule is COC(=O)NC(CC/C=C/C(=O)N(C)C)C(=O)Nc1cccn(Cc2cc3cc(F)cc(CC(C)C)c3[nH]2)c1=O. The highest BCUT2D eigenvalue weighted by Gasteiger charge is 2.22. The van der Waals surface area contributed by atoms with Gasteiger partial charge in [0.15, 0.2) is 0 Å². The van der Waals surface area contributed by atoms with Crippen LogP contribution < -0.4 is 16.2 Å². The van der Waals surface area contributed by atoms with Gasteiger partial charge in [0.25, 0.3) is 5.56 Å². The van der Waals surface area contributed by atoms with Crippen molar-refractivity contribution in [2.75, 3.05) is 26.5 Å². The van der Waals surface area contributed by atoms with Crippen molar-refractivity contribution in [3.8, 4) is 0 Å². The third-order valence-corrected chi connectivity index (χ3v) is 6.19. The number of carbonyl (C=O) groups excluding carboxylic acids is 3. The van der Waals surface area contributed by atoms with Crippen molar-refractivity contribution in [3.05, 3.63) is 76.1 Å². The molecule has 3 rings (SSSR count). The van der Waals surface area contributed by atoms with Crippen LogP contribution in [-0.2, 0) is 27.3 Å². The number of carbonyl (C=O) groups is 3. The molecule has 1 atom stereocenters. The zero-order valence-corrected chi connectivity index (χ0v) is 23.4. The molecule has 3 N–H and O–H groups in total. The standard InChI is InChI=1S/C29H36FN5O5/c1-18(2)13-19-14-21(30)15-20-16-22(31-26(19)20)17-35-12-8-10-24(28(35)38)32-27(37)23(33-29(39)40-5)9-6-7-11-25(36)34(3)4/h7-8,10-12,14-16,18,23,31H,6,9,13,17H2,1-5H3,(H,32,37)(H,33,39)/b11-7+. The van der Waals surface area contributed by atoms with Crippen molar-refractivity contribution >= 4 is 34.5 Å². The number of benzene rings is 1. The summed E-state index contributed by atoms with van der Waals surface area (Å²) in [6, 6.07) is 6.89.